The van der Waals surface area contributed by atoms with Crippen molar-refractivity contribution in [2.45, 2.75) is 0 Å². The molecule has 7 aromatic heterocycles. The molecule has 0 aliphatic rings. The van der Waals surface area contributed by atoms with Gasteiger partial charge in [0.15, 0.2) is 0 Å². The van der Waals surface area contributed by atoms with Crippen molar-refractivity contribution in [1.29, 1.82) is 0 Å². The maximum Gasteiger partial charge on any atom is 0.135 e. The molecule has 0 unspecified atom stereocenters. The summed E-state index contributed by atoms with van der Waals surface area (Å²) >= 11 is 7.30. The van der Waals surface area contributed by atoms with Crippen molar-refractivity contribution >= 4 is 172 Å². The van der Waals surface area contributed by atoms with Crippen molar-refractivity contribution in [3.05, 3.63) is 394 Å². The number of thiophene rings is 2. The van der Waals surface area contributed by atoms with Gasteiger partial charge in [-0.3, -0.25) is 0 Å². The molecule has 0 saturated heterocycles. The van der Waals surface area contributed by atoms with Gasteiger partial charge in [0.1, 0.15) is 32.3 Å². The molecule has 0 saturated carbocycles. The van der Waals surface area contributed by atoms with Crippen LogP contribution in [-0.4, -0.2) is 14.5 Å². The van der Waals surface area contributed by atoms with E-state index in [0.717, 1.165) is 115 Å². The Morgan fingerprint density at radius 3 is 0.958 bits per heavy atom. The fourth-order valence-corrected chi connectivity index (χ4v) is 22.6. The molecule has 9 heteroatoms. The molecule has 0 amide bonds. The maximum absolute atomic E-state index is 6.08. The van der Waals surface area contributed by atoms with Crippen LogP contribution in [0.4, 0.5) is 0 Å². The molecule has 18 aromatic carbocycles. The van der Waals surface area contributed by atoms with E-state index < -0.39 is 0 Å². The van der Waals surface area contributed by atoms with Gasteiger partial charge in [-0.25, -0.2) is 9.97 Å². The van der Waals surface area contributed by atoms with E-state index in [0.29, 0.717) is 0 Å². The highest BCUT2D eigenvalue weighted by Gasteiger charge is 2.23. The lowest BCUT2D eigenvalue weighted by Gasteiger charge is -2.10. The van der Waals surface area contributed by atoms with Crippen LogP contribution >= 0.6 is 45.3 Å². The molecule has 25 aromatic rings. The summed E-state index contributed by atoms with van der Waals surface area (Å²) in [6.07, 6.45) is 0. The monoisotopic (exact) mass is 1590 g/mol. The van der Waals surface area contributed by atoms with Crippen LogP contribution in [0.2, 0.25) is 0 Å². The van der Waals surface area contributed by atoms with Gasteiger partial charge in [-0.1, -0.05) is 309 Å². The number of hydrogen-bond acceptors (Lipinski definition) is 8. The van der Waals surface area contributed by atoms with Gasteiger partial charge in [0, 0.05) is 112 Å². The van der Waals surface area contributed by atoms with Crippen LogP contribution in [-0.2, 0) is 0 Å². The third-order valence-corrected chi connectivity index (χ3v) is 28.4. The Hall–Kier alpha value is -14.4. The molecule has 25 rings (SSSR count). The summed E-state index contributed by atoms with van der Waals surface area (Å²) in [5, 5.41) is 14.4. The molecule has 0 aliphatic heterocycles. The Kier molecular flexibility index (Phi) is 16.3. The number of hydrogen-bond donors (Lipinski definition) is 0. The van der Waals surface area contributed by atoms with Gasteiger partial charge in [0.25, 0.3) is 0 Å². The molecule has 119 heavy (non-hydrogen) atoms. The number of rotatable bonds is 11. The number of fused-ring (bicyclic) bond motifs is 17. The van der Waals surface area contributed by atoms with Crippen molar-refractivity contribution in [3.8, 4) is 116 Å². The molecule has 7 heterocycles. The Morgan fingerprint density at radius 2 is 0.513 bits per heavy atom. The Morgan fingerprint density at radius 1 is 0.193 bits per heavy atom. The van der Waals surface area contributed by atoms with Crippen molar-refractivity contribution in [2.75, 3.05) is 0 Å². The van der Waals surface area contributed by atoms with Gasteiger partial charge < -0.3 is 13.4 Å². The molecule has 0 radical (unpaired) electrons. The highest BCUT2D eigenvalue weighted by molar-refractivity contribution is 7.27. The molecule has 0 bridgehead atoms. The topological polar surface area (TPSA) is 57.0 Å². The SMILES string of the molecule is c1ccc(-c2nc3c(-c4ccc(-c5ccc6oc7ccccc7c6c5)cc4)ccc(-c4ccc(-c5ccc6oc7ccccc7c6c5)cc4)c3s2)cc1.c1ccc2c(c1)sc1c(-c3ccc(-c4ccc(-c5ccc(-c6cccc7c6sc6ccccc67)cc5)c5sc(-c6ccc(-n7c8ccccc8c8ccccc87)cc6)nc45)cc3)cccc12. The summed E-state index contributed by atoms with van der Waals surface area (Å²) in [4.78, 5) is 10.8. The van der Waals surface area contributed by atoms with Crippen molar-refractivity contribution in [2.24, 2.45) is 0 Å². The molecule has 556 valence electrons. The third kappa shape index (κ3) is 11.8. The number of furan rings is 2. The summed E-state index contributed by atoms with van der Waals surface area (Å²) in [5.74, 6) is 0. The lowest BCUT2D eigenvalue weighted by Crippen LogP contribution is -1.93. The average molecular weight is 1590 g/mol. The second-order valence-corrected chi connectivity index (χ2v) is 34.6. The lowest BCUT2D eigenvalue weighted by molar-refractivity contribution is 0.668. The number of nitrogens with zero attached hydrogens (tertiary/aromatic N) is 3. The lowest BCUT2D eigenvalue weighted by atomic mass is 9.95. The predicted octanol–water partition coefficient (Wildman–Crippen LogP) is 32.9. The first-order chi connectivity index (χ1) is 58.9. The summed E-state index contributed by atoms with van der Waals surface area (Å²) in [7, 11) is 0. The van der Waals surface area contributed by atoms with E-state index in [1.165, 1.54) is 127 Å². The van der Waals surface area contributed by atoms with Crippen molar-refractivity contribution in [1.82, 2.24) is 14.5 Å². The summed E-state index contributed by atoms with van der Waals surface area (Å²) in [6.45, 7) is 0. The first kappa shape index (κ1) is 68.9. The van der Waals surface area contributed by atoms with E-state index in [4.69, 9.17) is 18.8 Å². The van der Waals surface area contributed by atoms with Gasteiger partial charge in [-0.2, -0.15) is 0 Å². The van der Waals surface area contributed by atoms with Crippen LogP contribution in [0, 0.1) is 0 Å². The summed E-state index contributed by atoms with van der Waals surface area (Å²) < 4.78 is 22.2. The van der Waals surface area contributed by atoms with Gasteiger partial charge in [-0.15, -0.1) is 45.3 Å². The van der Waals surface area contributed by atoms with Crippen molar-refractivity contribution < 1.29 is 8.83 Å². The van der Waals surface area contributed by atoms with E-state index in [1.54, 1.807) is 22.7 Å². The molecule has 0 fully saturated rings. The maximum atomic E-state index is 6.08. The third-order valence-electron chi connectivity index (χ3n) is 23.7. The van der Waals surface area contributed by atoms with Crippen LogP contribution < -0.4 is 0 Å². The standard InChI is InChI=1S/C61H36N2S3.C49H29NO2S/c1-5-19-53-47(11-1)48-12-2-6-20-54(48)63(53)42-33-31-41(32-34-42)61-62-57-43(37-23-25-38(26-24-37)44-15-9-17-51-49-13-3-7-21-55(49)64-58(44)51)35-36-46(60(57)66-61)40-29-27-39(28-30-40)45-16-10-18-52-50-14-4-8-22-56(50)65-59(45)52;1-2-8-34(9-3-1)49-50-47-37(32-18-14-30(15-19-32)35-22-26-45-41(28-35)39-10-4-6-12-43(39)51-45)24-25-38(48(47)53-49)33-20-16-31(17-21-33)36-23-27-46-42(29-36)40-11-5-7-13-44(40)52-46/h1-36H;1-29H. The predicted molar refractivity (Wildman–Crippen MR) is 508 cm³/mol. The molecule has 0 atom stereocenters. The largest absolute Gasteiger partial charge is 0.456 e. The Labute approximate surface area is 699 Å². The van der Waals surface area contributed by atoms with Crippen LogP contribution in [0.25, 0.3) is 242 Å². The minimum Gasteiger partial charge on any atom is -0.456 e. The molecule has 0 spiro atoms. The van der Waals surface area contributed by atoms with Crippen LogP contribution in [0.1, 0.15) is 0 Å². The minimum absolute atomic E-state index is 0.908. The van der Waals surface area contributed by atoms with Crippen LogP contribution in [0.5, 0.6) is 0 Å². The zero-order valence-corrected chi connectivity index (χ0v) is 67.1. The quantitative estimate of drug-likeness (QED) is 0.129. The summed E-state index contributed by atoms with van der Waals surface area (Å²) in [6, 6.07) is 142. The fourth-order valence-electron chi connectivity index (χ4n) is 17.8. The molecule has 0 aliphatic carbocycles. The van der Waals surface area contributed by atoms with Gasteiger partial charge in [0.05, 0.1) is 31.5 Å². The van der Waals surface area contributed by atoms with Crippen molar-refractivity contribution in [3.63, 3.8) is 0 Å². The number of thiazole rings is 2. The van der Waals surface area contributed by atoms with E-state index in [-0.39, 0.29) is 0 Å². The normalized spacial score (nSPS) is 11.9. The van der Waals surface area contributed by atoms with Crippen LogP contribution in [0.3, 0.4) is 0 Å². The Bertz CT molecular complexity index is 7880. The minimum atomic E-state index is 0.908. The number of para-hydroxylation sites is 4. The average Bonchev–Trinajstić information content (AvgIpc) is 0.938. The highest BCUT2D eigenvalue weighted by Crippen LogP contribution is 2.49. The van der Waals surface area contributed by atoms with E-state index in [2.05, 4.69) is 375 Å². The molecule has 0 N–H and O–H groups in total. The first-order valence-electron chi connectivity index (χ1n) is 40.0. The highest BCUT2D eigenvalue weighted by atomic mass is 32.1. The number of aromatic nitrogens is 3. The zero-order valence-electron chi connectivity index (χ0n) is 63.8. The second kappa shape index (κ2) is 28.2. The van der Waals surface area contributed by atoms with Crippen LogP contribution in [0.15, 0.2) is 403 Å². The van der Waals surface area contributed by atoms with E-state index >= 15 is 0 Å². The Balaban J connectivity index is 0.000000139. The number of benzene rings is 18. The molecular formula is C110H65N3O2S4. The fraction of sp³-hybridized carbons (Fsp3) is 0. The first-order valence-corrected chi connectivity index (χ1v) is 43.3. The smallest absolute Gasteiger partial charge is 0.135 e. The van der Waals surface area contributed by atoms with Gasteiger partial charge >= 0.3 is 0 Å². The zero-order chi connectivity index (χ0) is 78.2. The van der Waals surface area contributed by atoms with E-state index in [1.807, 2.05) is 46.9 Å². The van der Waals surface area contributed by atoms with E-state index in [9.17, 15) is 0 Å². The second-order valence-electron chi connectivity index (χ2n) is 30.5. The molecular weight excluding hydrogens is 1520 g/mol. The summed E-state index contributed by atoms with van der Waals surface area (Å²) in [5.41, 5.74) is 30.4. The molecule has 5 nitrogen and oxygen atoms in total. The van der Waals surface area contributed by atoms with Gasteiger partial charge in [-0.05, 0) is 152 Å². The van der Waals surface area contributed by atoms with Gasteiger partial charge in [0.2, 0.25) is 0 Å².